The number of imidazole rings is 1. The minimum atomic E-state index is -0.580. The highest BCUT2D eigenvalue weighted by Crippen LogP contribution is 2.18. The van der Waals surface area contributed by atoms with Gasteiger partial charge in [0.05, 0.1) is 12.0 Å². The van der Waals surface area contributed by atoms with Crippen LogP contribution in [0, 0.1) is 0 Å². The molecule has 2 unspecified atom stereocenters. The SMILES string of the molecule is CC(CC(O)c1ccco1)NCc1cn2ccccc2n1. The highest BCUT2D eigenvalue weighted by molar-refractivity contribution is 5.39. The molecule has 0 spiro atoms. The molecule has 0 aliphatic heterocycles. The van der Waals surface area contributed by atoms with E-state index < -0.39 is 6.10 Å². The molecule has 5 nitrogen and oxygen atoms in total. The number of pyridine rings is 1. The summed E-state index contributed by atoms with van der Waals surface area (Å²) in [6.45, 7) is 2.72. The monoisotopic (exact) mass is 285 g/mol. The number of aliphatic hydroxyl groups is 1. The molecule has 0 aromatic carbocycles. The van der Waals surface area contributed by atoms with E-state index in [1.807, 2.05) is 41.9 Å². The molecule has 21 heavy (non-hydrogen) atoms. The number of furan rings is 1. The number of hydrogen-bond donors (Lipinski definition) is 2. The van der Waals surface area contributed by atoms with Crippen molar-refractivity contribution < 1.29 is 9.52 Å². The van der Waals surface area contributed by atoms with Crippen molar-refractivity contribution in [1.82, 2.24) is 14.7 Å². The Bertz CT molecular complexity index is 657. The fourth-order valence-electron chi connectivity index (χ4n) is 2.37. The molecular weight excluding hydrogens is 266 g/mol. The molecule has 0 fully saturated rings. The Balaban J connectivity index is 1.54. The number of fused-ring (bicyclic) bond motifs is 1. The second-order valence-electron chi connectivity index (χ2n) is 5.25. The van der Waals surface area contributed by atoms with Crippen LogP contribution >= 0.6 is 0 Å². The number of rotatable bonds is 6. The lowest BCUT2D eigenvalue weighted by atomic mass is 10.1. The van der Waals surface area contributed by atoms with E-state index in [4.69, 9.17) is 4.42 Å². The van der Waals surface area contributed by atoms with Crippen LogP contribution < -0.4 is 5.32 Å². The van der Waals surface area contributed by atoms with Gasteiger partial charge in [-0.1, -0.05) is 6.07 Å². The topological polar surface area (TPSA) is 62.7 Å². The van der Waals surface area contributed by atoms with Crippen LogP contribution in [0.25, 0.3) is 5.65 Å². The van der Waals surface area contributed by atoms with Gasteiger partial charge < -0.3 is 19.2 Å². The lowest BCUT2D eigenvalue weighted by Crippen LogP contribution is -2.27. The van der Waals surface area contributed by atoms with Gasteiger partial charge in [-0.25, -0.2) is 4.98 Å². The summed E-state index contributed by atoms with van der Waals surface area (Å²) in [5, 5.41) is 13.4. The van der Waals surface area contributed by atoms with Crippen molar-refractivity contribution in [2.75, 3.05) is 0 Å². The number of nitrogens with one attached hydrogen (secondary N) is 1. The minimum Gasteiger partial charge on any atom is -0.467 e. The van der Waals surface area contributed by atoms with Crippen LogP contribution in [0.15, 0.2) is 53.4 Å². The summed E-state index contributed by atoms with van der Waals surface area (Å²) in [5.41, 5.74) is 1.93. The molecular formula is C16H19N3O2. The quantitative estimate of drug-likeness (QED) is 0.730. The van der Waals surface area contributed by atoms with Crippen molar-refractivity contribution in [1.29, 1.82) is 0 Å². The number of hydrogen-bond acceptors (Lipinski definition) is 4. The van der Waals surface area contributed by atoms with Gasteiger partial charge in [0.2, 0.25) is 0 Å². The summed E-state index contributed by atoms with van der Waals surface area (Å²) in [5.74, 6) is 0.608. The highest BCUT2D eigenvalue weighted by atomic mass is 16.4. The van der Waals surface area contributed by atoms with Gasteiger partial charge in [0, 0.05) is 25.0 Å². The Kier molecular flexibility index (Phi) is 4.03. The first-order valence-electron chi connectivity index (χ1n) is 7.10. The fraction of sp³-hybridized carbons (Fsp3) is 0.312. The highest BCUT2D eigenvalue weighted by Gasteiger charge is 2.14. The number of nitrogens with zero attached hydrogens (tertiary/aromatic N) is 2. The molecule has 2 N–H and O–H groups in total. The van der Waals surface area contributed by atoms with Crippen LogP contribution in [0.1, 0.15) is 30.9 Å². The van der Waals surface area contributed by atoms with Gasteiger partial charge in [0.25, 0.3) is 0 Å². The molecule has 0 aliphatic rings. The van der Waals surface area contributed by atoms with E-state index in [1.165, 1.54) is 0 Å². The fourth-order valence-corrected chi connectivity index (χ4v) is 2.37. The van der Waals surface area contributed by atoms with E-state index in [0.29, 0.717) is 18.7 Å². The Labute approximate surface area is 123 Å². The summed E-state index contributed by atoms with van der Waals surface area (Å²) >= 11 is 0. The second kappa shape index (κ2) is 6.11. The summed E-state index contributed by atoms with van der Waals surface area (Å²) in [6, 6.07) is 9.67. The zero-order valence-electron chi connectivity index (χ0n) is 11.9. The third kappa shape index (κ3) is 3.32. The third-order valence-corrected chi connectivity index (χ3v) is 3.49. The first-order valence-corrected chi connectivity index (χ1v) is 7.10. The molecule has 3 rings (SSSR count). The largest absolute Gasteiger partial charge is 0.467 e. The molecule has 0 radical (unpaired) electrons. The van der Waals surface area contributed by atoms with Crippen LogP contribution in [0.4, 0.5) is 0 Å². The van der Waals surface area contributed by atoms with Gasteiger partial charge in [-0.05, 0) is 37.6 Å². The maximum Gasteiger partial charge on any atom is 0.137 e. The zero-order chi connectivity index (χ0) is 14.7. The van der Waals surface area contributed by atoms with E-state index in [1.54, 1.807) is 18.4 Å². The van der Waals surface area contributed by atoms with Crippen molar-refractivity contribution in [2.45, 2.75) is 32.0 Å². The van der Waals surface area contributed by atoms with Gasteiger partial charge >= 0.3 is 0 Å². The van der Waals surface area contributed by atoms with Gasteiger partial charge in [0.1, 0.15) is 17.5 Å². The Morgan fingerprint density at radius 3 is 3.00 bits per heavy atom. The van der Waals surface area contributed by atoms with Gasteiger partial charge in [0.15, 0.2) is 0 Å². The van der Waals surface area contributed by atoms with E-state index >= 15 is 0 Å². The van der Waals surface area contributed by atoms with E-state index in [2.05, 4.69) is 10.3 Å². The molecule has 3 aromatic heterocycles. The normalized spacial score (nSPS) is 14.4. The lowest BCUT2D eigenvalue weighted by Gasteiger charge is -2.15. The van der Waals surface area contributed by atoms with Crippen molar-refractivity contribution in [3.8, 4) is 0 Å². The molecule has 3 heterocycles. The first-order chi connectivity index (χ1) is 10.2. The van der Waals surface area contributed by atoms with Crippen molar-refractivity contribution >= 4 is 5.65 Å². The van der Waals surface area contributed by atoms with E-state index in [9.17, 15) is 5.11 Å². The maximum absolute atomic E-state index is 10.0. The van der Waals surface area contributed by atoms with Gasteiger partial charge in [-0.2, -0.15) is 0 Å². The molecule has 5 heteroatoms. The summed E-state index contributed by atoms with van der Waals surface area (Å²) < 4.78 is 7.20. The van der Waals surface area contributed by atoms with Crippen molar-refractivity contribution in [3.05, 3.63) is 60.4 Å². The number of aliphatic hydroxyl groups excluding tert-OH is 1. The summed E-state index contributed by atoms with van der Waals surface area (Å²) in [7, 11) is 0. The summed E-state index contributed by atoms with van der Waals surface area (Å²) in [4.78, 5) is 4.53. The smallest absolute Gasteiger partial charge is 0.137 e. The maximum atomic E-state index is 10.0. The van der Waals surface area contributed by atoms with Crippen LogP contribution in [-0.2, 0) is 6.54 Å². The van der Waals surface area contributed by atoms with Crippen LogP contribution in [-0.4, -0.2) is 20.5 Å². The van der Waals surface area contributed by atoms with Gasteiger partial charge in [-0.3, -0.25) is 0 Å². The van der Waals surface area contributed by atoms with E-state index in [0.717, 1.165) is 11.3 Å². The van der Waals surface area contributed by atoms with Gasteiger partial charge in [-0.15, -0.1) is 0 Å². The molecule has 3 aromatic rings. The second-order valence-corrected chi connectivity index (χ2v) is 5.25. The Hall–Kier alpha value is -2.11. The van der Waals surface area contributed by atoms with Crippen LogP contribution in [0.2, 0.25) is 0 Å². The predicted octanol–water partition coefficient (Wildman–Crippen LogP) is 2.53. The first kappa shape index (κ1) is 13.9. The third-order valence-electron chi connectivity index (χ3n) is 3.49. The molecule has 0 aliphatic carbocycles. The molecule has 2 atom stereocenters. The molecule has 0 amide bonds. The van der Waals surface area contributed by atoms with Crippen molar-refractivity contribution in [2.24, 2.45) is 0 Å². The Morgan fingerprint density at radius 1 is 1.33 bits per heavy atom. The molecule has 110 valence electrons. The minimum absolute atomic E-state index is 0.162. The average Bonchev–Trinajstić information content (AvgIpc) is 3.14. The van der Waals surface area contributed by atoms with E-state index in [-0.39, 0.29) is 6.04 Å². The Morgan fingerprint density at radius 2 is 2.24 bits per heavy atom. The lowest BCUT2D eigenvalue weighted by molar-refractivity contribution is 0.128. The average molecular weight is 285 g/mol. The molecule has 0 saturated carbocycles. The van der Waals surface area contributed by atoms with Crippen LogP contribution in [0.5, 0.6) is 0 Å². The zero-order valence-corrected chi connectivity index (χ0v) is 11.9. The number of aromatic nitrogens is 2. The molecule has 0 saturated heterocycles. The van der Waals surface area contributed by atoms with Crippen LogP contribution in [0.3, 0.4) is 0 Å². The summed E-state index contributed by atoms with van der Waals surface area (Å²) in [6.07, 6.45) is 5.59. The standard InChI is InChI=1S/C16H19N3O2/c1-12(9-14(20)15-5-4-8-21-15)17-10-13-11-19-7-3-2-6-16(19)18-13/h2-8,11-12,14,17,20H,9-10H2,1H3. The van der Waals surface area contributed by atoms with Crippen molar-refractivity contribution in [3.63, 3.8) is 0 Å². The molecule has 0 bridgehead atoms. The predicted molar refractivity (Wildman–Crippen MR) is 79.8 cm³/mol.